The molecule has 2 rings (SSSR count). The van der Waals surface area contributed by atoms with Gasteiger partial charge in [0.1, 0.15) is 12.9 Å². The maximum atomic E-state index is 12.1. The summed E-state index contributed by atoms with van der Waals surface area (Å²) in [6.07, 6.45) is -0.0734. The van der Waals surface area contributed by atoms with Crippen LogP contribution in [-0.2, 0) is 9.63 Å². The quantitative estimate of drug-likeness (QED) is 0.341. The van der Waals surface area contributed by atoms with Gasteiger partial charge in [-0.25, -0.2) is 0 Å². The zero-order chi connectivity index (χ0) is 15.8. The monoisotopic (exact) mass is 295 g/mol. The molecule has 0 atom stereocenters. The molecule has 22 heavy (non-hydrogen) atoms. The van der Waals surface area contributed by atoms with Crippen molar-refractivity contribution in [3.63, 3.8) is 0 Å². The highest BCUT2D eigenvalue weighted by molar-refractivity contribution is 6.16. The van der Waals surface area contributed by atoms with Crippen molar-refractivity contribution in [2.24, 2.45) is 5.16 Å². The van der Waals surface area contributed by atoms with E-state index in [-0.39, 0.29) is 24.4 Å². The molecule has 0 aliphatic heterocycles. The van der Waals surface area contributed by atoms with E-state index in [1.807, 2.05) is 36.4 Å². The number of carbonyl (C=O) groups is 2. The summed E-state index contributed by atoms with van der Waals surface area (Å²) in [5, 5.41) is 3.90. The van der Waals surface area contributed by atoms with E-state index in [0.717, 1.165) is 5.56 Å². The van der Waals surface area contributed by atoms with Crippen LogP contribution < -0.4 is 0 Å². The van der Waals surface area contributed by atoms with Gasteiger partial charge < -0.3 is 4.84 Å². The number of ketones is 2. The number of Topliss-reactive ketones (excluding diaryl/α,β-unsaturated/α-hetero) is 2. The average molecular weight is 295 g/mol. The van der Waals surface area contributed by atoms with Crippen LogP contribution in [0.3, 0.4) is 0 Å². The molecule has 2 aromatic carbocycles. The molecule has 4 heteroatoms. The number of hydrogen-bond donors (Lipinski definition) is 0. The van der Waals surface area contributed by atoms with Crippen molar-refractivity contribution in [3.05, 3.63) is 71.8 Å². The minimum absolute atomic E-state index is 0.0659. The molecule has 0 aliphatic carbocycles. The molecular formula is C18H17NO3. The molecule has 0 radical (unpaired) electrons. The lowest BCUT2D eigenvalue weighted by Gasteiger charge is -2.05. The van der Waals surface area contributed by atoms with E-state index < -0.39 is 0 Å². The number of hydrogen-bond acceptors (Lipinski definition) is 4. The smallest absolute Gasteiger partial charge is 0.170 e. The first-order valence-electron chi connectivity index (χ1n) is 6.96. The van der Waals surface area contributed by atoms with E-state index >= 15 is 0 Å². The first-order chi connectivity index (χ1) is 10.7. The van der Waals surface area contributed by atoms with E-state index in [1.54, 1.807) is 24.3 Å². The van der Waals surface area contributed by atoms with Gasteiger partial charge in [0.15, 0.2) is 5.78 Å². The van der Waals surface area contributed by atoms with E-state index in [9.17, 15) is 9.59 Å². The number of benzene rings is 2. The van der Waals surface area contributed by atoms with Gasteiger partial charge in [0, 0.05) is 5.56 Å². The molecule has 0 N–H and O–H groups in total. The number of carbonyl (C=O) groups excluding carboxylic acids is 2. The topological polar surface area (TPSA) is 55.7 Å². The van der Waals surface area contributed by atoms with E-state index in [0.29, 0.717) is 11.3 Å². The molecule has 0 fully saturated rings. The predicted molar refractivity (Wildman–Crippen MR) is 85.0 cm³/mol. The van der Waals surface area contributed by atoms with Crippen LogP contribution in [0.1, 0.15) is 28.8 Å². The van der Waals surface area contributed by atoms with Gasteiger partial charge in [0.2, 0.25) is 0 Å². The van der Waals surface area contributed by atoms with Crippen LogP contribution in [0.4, 0.5) is 0 Å². The van der Waals surface area contributed by atoms with Crippen LogP contribution in [-0.4, -0.2) is 24.4 Å². The molecule has 112 valence electrons. The summed E-state index contributed by atoms with van der Waals surface area (Å²) >= 11 is 0. The van der Waals surface area contributed by atoms with Crippen LogP contribution in [0.15, 0.2) is 65.8 Å². The van der Waals surface area contributed by atoms with Gasteiger partial charge in [-0.1, -0.05) is 65.8 Å². The van der Waals surface area contributed by atoms with Gasteiger partial charge in [0.25, 0.3) is 0 Å². The third kappa shape index (κ3) is 4.38. The summed E-state index contributed by atoms with van der Waals surface area (Å²) in [6.45, 7) is 0. The molecule has 2 aromatic rings. The summed E-state index contributed by atoms with van der Waals surface area (Å²) in [5.74, 6) is -0.371. The van der Waals surface area contributed by atoms with Crippen molar-refractivity contribution in [2.75, 3.05) is 7.11 Å². The van der Waals surface area contributed by atoms with Gasteiger partial charge in [-0.3, -0.25) is 9.59 Å². The molecule has 0 unspecified atom stereocenters. The molecule has 0 aromatic heterocycles. The maximum Gasteiger partial charge on any atom is 0.170 e. The molecule has 0 saturated carbocycles. The predicted octanol–water partition coefficient (Wildman–Crippen LogP) is 3.27. The summed E-state index contributed by atoms with van der Waals surface area (Å²) in [7, 11) is 1.43. The second-order valence-electron chi connectivity index (χ2n) is 4.77. The molecule has 4 nitrogen and oxygen atoms in total. The Morgan fingerprint density at radius 3 is 1.95 bits per heavy atom. The van der Waals surface area contributed by atoms with Crippen molar-refractivity contribution in [3.8, 4) is 0 Å². The van der Waals surface area contributed by atoms with Gasteiger partial charge in [-0.15, -0.1) is 0 Å². The van der Waals surface area contributed by atoms with Gasteiger partial charge >= 0.3 is 0 Å². The lowest BCUT2D eigenvalue weighted by Crippen LogP contribution is -2.14. The fourth-order valence-corrected chi connectivity index (χ4v) is 2.08. The Balaban J connectivity index is 2.04. The van der Waals surface area contributed by atoms with Crippen molar-refractivity contribution in [1.29, 1.82) is 0 Å². The third-order valence-corrected chi connectivity index (χ3v) is 3.13. The van der Waals surface area contributed by atoms with Crippen LogP contribution in [0.5, 0.6) is 0 Å². The molecule has 0 spiro atoms. The zero-order valence-corrected chi connectivity index (χ0v) is 12.4. The highest BCUT2D eigenvalue weighted by atomic mass is 16.6. The summed E-state index contributed by atoms with van der Waals surface area (Å²) in [6, 6.07) is 18.1. The Bertz CT molecular complexity index is 663. The highest BCUT2D eigenvalue weighted by Gasteiger charge is 2.15. The minimum atomic E-state index is -0.187. The van der Waals surface area contributed by atoms with Gasteiger partial charge in [-0.2, -0.15) is 0 Å². The lowest BCUT2D eigenvalue weighted by molar-refractivity contribution is -0.117. The first-order valence-corrected chi connectivity index (χ1v) is 6.96. The molecule has 0 aliphatic rings. The lowest BCUT2D eigenvalue weighted by atomic mass is 10.00. The Morgan fingerprint density at radius 1 is 0.864 bits per heavy atom. The number of nitrogens with zero attached hydrogens (tertiary/aromatic N) is 1. The molecular weight excluding hydrogens is 278 g/mol. The second kappa shape index (κ2) is 7.88. The maximum absolute atomic E-state index is 12.1. The van der Waals surface area contributed by atoms with Crippen LogP contribution in [0.2, 0.25) is 0 Å². The summed E-state index contributed by atoms with van der Waals surface area (Å²) in [4.78, 5) is 29.0. The van der Waals surface area contributed by atoms with Crippen molar-refractivity contribution >= 4 is 17.3 Å². The third-order valence-electron chi connectivity index (χ3n) is 3.13. The Hall–Kier alpha value is -2.75. The van der Waals surface area contributed by atoms with Gasteiger partial charge in [0.05, 0.1) is 18.6 Å². The largest absolute Gasteiger partial charge is 0.399 e. The standard InChI is InChI=1S/C18H17NO3/c1-22-19-17(14-8-4-2-5-9-14)12-16(20)13-18(21)15-10-6-3-7-11-15/h2-11H,12-13H2,1H3. The SMILES string of the molecule is CON=C(CC(=O)CC(=O)c1ccccc1)c1ccccc1. The first kappa shape index (κ1) is 15.6. The summed E-state index contributed by atoms with van der Waals surface area (Å²) < 4.78 is 0. The number of rotatable bonds is 7. The fourth-order valence-electron chi connectivity index (χ4n) is 2.08. The van der Waals surface area contributed by atoms with Gasteiger partial charge in [-0.05, 0) is 5.56 Å². The molecule has 0 amide bonds. The van der Waals surface area contributed by atoms with E-state index in [1.165, 1.54) is 7.11 Å². The average Bonchev–Trinajstić information content (AvgIpc) is 2.56. The van der Waals surface area contributed by atoms with Crippen molar-refractivity contribution < 1.29 is 14.4 Å². The Labute approximate surface area is 129 Å². The normalized spacial score (nSPS) is 11.0. The van der Waals surface area contributed by atoms with E-state index in [4.69, 9.17) is 4.84 Å². The van der Waals surface area contributed by atoms with Crippen molar-refractivity contribution in [2.45, 2.75) is 12.8 Å². The summed E-state index contributed by atoms with van der Waals surface area (Å²) in [5.41, 5.74) is 1.87. The van der Waals surface area contributed by atoms with Crippen molar-refractivity contribution in [1.82, 2.24) is 0 Å². The van der Waals surface area contributed by atoms with Crippen LogP contribution in [0, 0.1) is 0 Å². The molecule has 0 saturated heterocycles. The van der Waals surface area contributed by atoms with Crippen LogP contribution >= 0.6 is 0 Å². The Morgan fingerprint density at radius 2 is 1.41 bits per heavy atom. The minimum Gasteiger partial charge on any atom is -0.399 e. The highest BCUT2D eigenvalue weighted by Crippen LogP contribution is 2.09. The zero-order valence-electron chi connectivity index (χ0n) is 12.4. The van der Waals surface area contributed by atoms with E-state index in [2.05, 4.69) is 5.16 Å². The molecule has 0 heterocycles. The van der Waals surface area contributed by atoms with Crippen LogP contribution in [0.25, 0.3) is 0 Å². The fraction of sp³-hybridized carbons (Fsp3) is 0.167. The Kier molecular flexibility index (Phi) is 5.60. The second-order valence-corrected chi connectivity index (χ2v) is 4.77. The number of oxime groups is 1. The molecule has 0 bridgehead atoms.